The monoisotopic (exact) mass is 392 g/mol. The summed E-state index contributed by atoms with van der Waals surface area (Å²) in [6.07, 6.45) is 6.27. The fraction of sp³-hybridized carbons (Fsp3) is 0.250. The fourth-order valence-electron chi connectivity index (χ4n) is 3.47. The van der Waals surface area contributed by atoms with Crippen LogP contribution >= 0.6 is 0 Å². The number of non-ortho nitro benzene ring substituents is 1. The Kier molecular flexibility index (Phi) is 5.19. The van der Waals surface area contributed by atoms with Crippen LogP contribution in [0.2, 0.25) is 0 Å². The van der Waals surface area contributed by atoms with Gasteiger partial charge in [0.15, 0.2) is 0 Å². The molecule has 4 rings (SSSR count). The molecule has 1 aromatic heterocycles. The number of hydrogen-bond acceptors (Lipinski definition) is 6. The van der Waals surface area contributed by atoms with E-state index in [0.717, 1.165) is 43.7 Å². The molecule has 2 heterocycles. The van der Waals surface area contributed by atoms with Crippen molar-refractivity contribution in [2.24, 2.45) is 0 Å². The lowest BCUT2D eigenvalue weighted by Gasteiger charge is -2.30. The molecule has 2 aromatic carbocycles. The van der Waals surface area contributed by atoms with Crippen molar-refractivity contribution in [1.29, 1.82) is 0 Å². The first-order chi connectivity index (χ1) is 14.1. The third kappa shape index (κ3) is 4.08. The molecule has 0 radical (unpaired) electrons. The summed E-state index contributed by atoms with van der Waals surface area (Å²) in [5, 5.41) is 18.1. The highest BCUT2D eigenvalue weighted by atomic mass is 16.6. The first-order valence-electron chi connectivity index (χ1n) is 9.41. The van der Waals surface area contributed by atoms with Crippen molar-refractivity contribution in [3.05, 3.63) is 70.8 Å². The molecule has 1 amide bonds. The minimum Gasteiger partial charge on any atom is -0.371 e. The van der Waals surface area contributed by atoms with E-state index in [2.05, 4.69) is 20.3 Å². The van der Waals surface area contributed by atoms with Crippen molar-refractivity contribution < 1.29 is 9.72 Å². The Hall–Kier alpha value is -3.75. The number of anilines is 2. The molecule has 1 aliphatic rings. The molecule has 1 N–H and O–H groups in total. The van der Waals surface area contributed by atoms with Crippen LogP contribution in [0, 0.1) is 10.1 Å². The second kappa shape index (κ2) is 8.09. The minimum absolute atomic E-state index is 0.0996. The Bertz CT molecular complexity index is 1010. The summed E-state index contributed by atoms with van der Waals surface area (Å²) in [5.74, 6) is -0.372. The molecule has 0 atom stereocenters. The van der Waals surface area contributed by atoms with Gasteiger partial charge in [0.1, 0.15) is 12.7 Å². The average Bonchev–Trinajstić information content (AvgIpc) is 3.29. The van der Waals surface area contributed by atoms with Crippen LogP contribution < -0.4 is 10.2 Å². The second-order valence-corrected chi connectivity index (χ2v) is 6.85. The zero-order valence-electron chi connectivity index (χ0n) is 15.7. The van der Waals surface area contributed by atoms with Crippen LogP contribution in [0.5, 0.6) is 0 Å². The predicted molar refractivity (Wildman–Crippen MR) is 108 cm³/mol. The van der Waals surface area contributed by atoms with E-state index in [-0.39, 0.29) is 11.6 Å². The molecule has 3 aromatic rings. The van der Waals surface area contributed by atoms with Crippen LogP contribution in [-0.4, -0.2) is 38.7 Å². The average molecular weight is 392 g/mol. The van der Waals surface area contributed by atoms with Gasteiger partial charge in [-0.15, -0.1) is 0 Å². The van der Waals surface area contributed by atoms with Gasteiger partial charge in [-0.1, -0.05) is 0 Å². The maximum Gasteiger partial charge on any atom is 0.270 e. The third-order valence-electron chi connectivity index (χ3n) is 4.94. The highest BCUT2D eigenvalue weighted by Crippen LogP contribution is 2.29. The molecule has 0 spiro atoms. The van der Waals surface area contributed by atoms with Crippen LogP contribution in [0.15, 0.2) is 55.1 Å². The number of nitro benzene ring substituents is 1. The number of nitro groups is 1. The fourth-order valence-corrected chi connectivity index (χ4v) is 3.47. The van der Waals surface area contributed by atoms with Crippen molar-refractivity contribution >= 4 is 23.0 Å². The molecule has 1 aliphatic heterocycles. The summed E-state index contributed by atoms with van der Waals surface area (Å²) in [4.78, 5) is 29.7. The Morgan fingerprint density at radius 1 is 1.07 bits per heavy atom. The Labute approximate surface area is 167 Å². The summed E-state index contributed by atoms with van der Waals surface area (Å²) >= 11 is 0. The second-order valence-electron chi connectivity index (χ2n) is 6.85. The number of carbonyl (C=O) groups excluding carboxylic acids is 1. The molecule has 9 heteroatoms. The number of hydrogen-bond donors (Lipinski definition) is 1. The van der Waals surface area contributed by atoms with Crippen LogP contribution in [0.4, 0.5) is 17.1 Å². The van der Waals surface area contributed by atoms with Gasteiger partial charge in [-0.2, -0.15) is 5.10 Å². The number of rotatable bonds is 5. The predicted octanol–water partition coefficient (Wildman–Crippen LogP) is 3.42. The van der Waals surface area contributed by atoms with E-state index in [4.69, 9.17) is 0 Å². The molecular formula is C20H20N6O3. The van der Waals surface area contributed by atoms with E-state index in [1.807, 2.05) is 12.1 Å². The van der Waals surface area contributed by atoms with Crippen LogP contribution in [0.3, 0.4) is 0 Å². The number of piperidine rings is 1. The van der Waals surface area contributed by atoms with Gasteiger partial charge < -0.3 is 10.2 Å². The number of nitrogens with zero attached hydrogens (tertiary/aromatic N) is 5. The van der Waals surface area contributed by atoms with Gasteiger partial charge in [0, 0.05) is 30.9 Å². The van der Waals surface area contributed by atoms with Gasteiger partial charge in [-0.3, -0.25) is 14.9 Å². The van der Waals surface area contributed by atoms with Gasteiger partial charge in [0.05, 0.1) is 21.9 Å². The van der Waals surface area contributed by atoms with Crippen LogP contribution in [-0.2, 0) is 0 Å². The van der Waals surface area contributed by atoms with Crippen molar-refractivity contribution in [2.75, 3.05) is 23.3 Å². The van der Waals surface area contributed by atoms with Crippen molar-refractivity contribution in [3.8, 4) is 5.69 Å². The first-order valence-corrected chi connectivity index (χ1v) is 9.41. The Morgan fingerprint density at radius 3 is 2.48 bits per heavy atom. The van der Waals surface area contributed by atoms with Crippen molar-refractivity contribution in [3.63, 3.8) is 0 Å². The number of nitrogens with one attached hydrogen (secondary N) is 1. The topological polar surface area (TPSA) is 106 Å². The largest absolute Gasteiger partial charge is 0.371 e. The zero-order valence-corrected chi connectivity index (χ0v) is 15.7. The SMILES string of the molecule is O=C(Nc1ccc(-n2cncn2)cc1)c1cc([N+](=O)[O-])ccc1N1CCCCC1. The van der Waals surface area contributed by atoms with E-state index in [1.54, 1.807) is 29.2 Å². The van der Waals surface area contributed by atoms with Crippen LogP contribution in [0.25, 0.3) is 5.69 Å². The van der Waals surface area contributed by atoms with Crippen molar-refractivity contribution in [2.45, 2.75) is 19.3 Å². The maximum absolute atomic E-state index is 13.0. The quantitative estimate of drug-likeness (QED) is 0.527. The van der Waals surface area contributed by atoms with Gasteiger partial charge in [-0.05, 0) is 49.6 Å². The standard InChI is InChI=1S/C20H20N6O3/c27-20(23-15-4-6-16(7-5-15)25-14-21-13-22-25)18-12-17(26(28)29)8-9-19(18)24-10-2-1-3-11-24/h4-9,12-14H,1-3,10-11H2,(H,23,27). The maximum atomic E-state index is 13.0. The number of amides is 1. The number of carbonyl (C=O) groups is 1. The zero-order chi connectivity index (χ0) is 20.2. The highest BCUT2D eigenvalue weighted by molar-refractivity contribution is 6.08. The molecular weight excluding hydrogens is 372 g/mol. The van der Waals surface area contributed by atoms with Gasteiger partial charge in [0.25, 0.3) is 11.6 Å². The summed E-state index contributed by atoms with van der Waals surface area (Å²) in [5.41, 5.74) is 2.34. The summed E-state index contributed by atoms with van der Waals surface area (Å²) in [6.45, 7) is 1.68. The van der Waals surface area contributed by atoms with Gasteiger partial charge in [0.2, 0.25) is 0 Å². The summed E-state index contributed by atoms with van der Waals surface area (Å²) in [6, 6.07) is 11.6. The molecule has 9 nitrogen and oxygen atoms in total. The third-order valence-corrected chi connectivity index (χ3v) is 4.94. The first kappa shape index (κ1) is 18.6. The smallest absolute Gasteiger partial charge is 0.270 e. The van der Waals surface area contributed by atoms with Gasteiger partial charge >= 0.3 is 0 Å². The van der Waals surface area contributed by atoms with E-state index < -0.39 is 4.92 Å². The molecule has 0 unspecified atom stereocenters. The molecule has 0 aliphatic carbocycles. The van der Waals surface area contributed by atoms with E-state index in [0.29, 0.717) is 11.3 Å². The molecule has 0 bridgehead atoms. The lowest BCUT2D eigenvalue weighted by Crippen LogP contribution is -2.31. The lowest BCUT2D eigenvalue weighted by molar-refractivity contribution is -0.384. The van der Waals surface area contributed by atoms with E-state index in [9.17, 15) is 14.9 Å². The lowest BCUT2D eigenvalue weighted by atomic mass is 10.1. The van der Waals surface area contributed by atoms with Crippen LogP contribution in [0.1, 0.15) is 29.6 Å². The summed E-state index contributed by atoms with van der Waals surface area (Å²) in [7, 11) is 0. The normalized spacial score (nSPS) is 13.9. The molecule has 148 valence electrons. The summed E-state index contributed by atoms with van der Waals surface area (Å²) < 4.78 is 1.61. The van der Waals surface area contributed by atoms with Crippen molar-refractivity contribution in [1.82, 2.24) is 14.8 Å². The number of benzene rings is 2. The Morgan fingerprint density at radius 2 is 1.83 bits per heavy atom. The van der Waals surface area contributed by atoms with E-state index in [1.165, 1.54) is 18.5 Å². The highest BCUT2D eigenvalue weighted by Gasteiger charge is 2.22. The minimum atomic E-state index is -0.482. The Balaban J connectivity index is 1.59. The number of aromatic nitrogens is 3. The molecule has 29 heavy (non-hydrogen) atoms. The molecule has 0 saturated carbocycles. The molecule has 1 fully saturated rings. The molecule has 1 saturated heterocycles. The van der Waals surface area contributed by atoms with E-state index >= 15 is 0 Å². The van der Waals surface area contributed by atoms with Gasteiger partial charge in [-0.25, -0.2) is 9.67 Å².